The summed E-state index contributed by atoms with van der Waals surface area (Å²) in [4.78, 5) is 5.89. The molecule has 2 heterocycles. The van der Waals surface area contributed by atoms with Gasteiger partial charge in [0.25, 0.3) is 0 Å². The van der Waals surface area contributed by atoms with Crippen molar-refractivity contribution in [2.75, 3.05) is 29.2 Å². The number of rotatable bonds is 2. The number of halogens is 1. The van der Waals surface area contributed by atoms with Crippen molar-refractivity contribution in [3.8, 4) is 0 Å². The van der Waals surface area contributed by atoms with Gasteiger partial charge in [0.05, 0.1) is 33.6 Å². The Morgan fingerprint density at radius 2 is 2.24 bits per heavy atom. The zero-order chi connectivity index (χ0) is 12.6. The summed E-state index contributed by atoms with van der Waals surface area (Å²) in [6.45, 7) is 0. The minimum atomic E-state index is -2.89. The molecule has 94 valence electrons. The lowest BCUT2D eigenvalue weighted by Gasteiger charge is -2.27. The normalized spacial score (nSPS) is 22.6. The fraction of sp³-hybridized carbons (Fsp3) is 0.500. The van der Waals surface area contributed by atoms with Crippen LogP contribution in [0.25, 0.3) is 0 Å². The van der Waals surface area contributed by atoms with Gasteiger partial charge in [-0.25, -0.2) is 8.42 Å². The molecule has 17 heavy (non-hydrogen) atoms. The van der Waals surface area contributed by atoms with Crippen molar-refractivity contribution in [3.05, 3.63) is 16.9 Å². The van der Waals surface area contributed by atoms with Crippen molar-refractivity contribution >= 4 is 37.1 Å². The molecule has 1 fully saturated rings. The highest BCUT2D eigenvalue weighted by Crippen LogP contribution is 2.33. The molecule has 2 N–H and O–H groups in total. The zero-order valence-electron chi connectivity index (χ0n) is 9.43. The van der Waals surface area contributed by atoms with E-state index in [-0.39, 0.29) is 17.5 Å². The van der Waals surface area contributed by atoms with E-state index in [2.05, 4.69) is 20.9 Å². The Kier molecular flexibility index (Phi) is 3.31. The highest BCUT2D eigenvalue weighted by atomic mass is 79.9. The summed E-state index contributed by atoms with van der Waals surface area (Å²) in [7, 11) is -1.02. The average molecular weight is 320 g/mol. The Hall–Kier alpha value is -0.820. The summed E-state index contributed by atoms with van der Waals surface area (Å²) in [5, 5.41) is 0. The molecular weight excluding hydrogens is 306 g/mol. The number of nitrogens with zero attached hydrogens (tertiary/aromatic N) is 2. The lowest BCUT2D eigenvalue weighted by atomic mass is 10.2. The Bertz CT molecular complexity index is 512. The summed E-state index contributed by atoms with van der Waals surface area (Å²) in [5.74, 6) is 0.447. The number of aromatic nitrogens is 1. The summed E-state index contributed by atoms with van der Waals surface area (Å²) < 4.78 is 23.7. The second-order valence-corrected chi connectivity index (χ2v) is 7.31. The molecule has 1 aliphatic rings. The van der Waals surface area contributed by atoms with Gasteiger partial charge in [0.15, 0.2) is 9.84 Å². The fourth-order valence-electron chi connectivity index (χ4n) is 2.08. The maximum atomic E-state index is 11.5. The smallest absolute Gasteiger partial charge is 0.152 e. The molecule has 0 aliphatic carbocycles. The highest BCUT2D eigenvalue weighted by Gasteiger charge is 2.32. The fourth-order valence-corrected chi connectivity index (χ4v) is 4.48. The maximum Gasteiger partial charge on any atom is 0.152 e. The zero-order valence-corrected chi connectivity index (χ0v) is 11.8. The third kappa shape index (κ3) is 2.55. The molecule has 0 saturated carbocycles. The lowest BCUT2D eigenvalue weighted by Crippen LogP contribution is -2.33. The molecular formula is C10H14BrN3O2S. The Labute approximate surface area is 109 Å². The Balaban J connectivity index is 2.29. The third-order valence-electron chi connectivity index (χ3n) is 3.01. The predicted octanol–water partition coefficient (Wildman–Crippen LogP) is 1.05. The molecule has 1 aliphatic heterocycles. The van der Waals surface area contributed by atoms with Crippen molar-refractivity contribution in [2.24, 2.45) is 0 Å². The average Bonchev–Trinajstić information content (AvgIpc) is 2.58. The molecule has 0 amide bonds. The highest BCUT2D eigenvalue weighted by molar-refractivity contribution is 9.10. The van der Waals surface area contributed by atoms with E-state index in [0.29, 0.717) is 12.1 Å². The minimum Gasteiger partial charge on any atom is -0.396 e. The van der Waals surface area contributed by atoms with Gasteiger partial charge in [0.1, 0.15) is 0 Å². The largest absolute Gasteiger partial charge is 0.396 e. The van der Waals surface area contributed by atoms with Crippen LogP contribution in [-0.4, -0.2) is 38.0 Å². The van der Waals surface area contributed by atoms with Crippen LogP contribution in [0.1, 0.15) is 6.42 Å². The molecule has 1 unspecified atom stereocenters. The van der Waals surface area contributed by atoms with Crippen molar-refractivity contribution < 1.29 is 8.42 Å². The second-order valence-electron chi connectivity index (χ2n) is 4.23. The second kappa shape index (κ2) is 4.45. The van der Waals surface area contributed by atoms with E-state index < -0.39 is 9.84 Å². The van der Waals surface area contributed by atoms with Crippen LogP contribution in [0.15, 0.2) is 16.9 Å². The van der Waals surface area contributed by atoms with Crippen LogP contribution in [-0.2, 0) is 9.84 Å². The van der Waals surface area contributed by atoms with E-state index in [1.165, 1.54) is 0 Å². The topological polar surface area (TPSA) is 76.3 Å². The van der Waals surface area contributed by atoms with E-state index in [4.69, 9.17) is 5.73 Å². The Morgan fingerprint density at radius 1 is 1.53 bits per heavy atom. The molecule has 0 aromatic carbocycles. The van der Waals surface area contributed by atoms with Gasteiger partial charge < -0.3 is 10.6 Å². The predicted molar refractivity (Wildman–Crippen MR) is 71.8 cm³/mol. The summed E-state index contributed by atoms with van der Waals surface area (Å²) in [5.41, 5.74) is 7.23. The molecule has 0 spiro atoms. The number of sulfone groups is 1. The lowest BCUT2D eigenvalue weighted by molar-refractivity contribution is 0.601. The van der Waals surface area contributed by atoms with Crippen LogP contribution in [0, 0.1) is 0 Å². The molecule has 0 radical (unpaired) electrons. The Morgan fingerprint density at radius 3 is 2.76 bits per heavy atom. The summed E-state index contributed by atoms with van der Waals surface area (Å²) in [6, 6.07) is -0.0130. The first-order valence-electron chi connectivity index (χ1n) is 5.23. The molecule has 7 heteroatoms. The van der Waals surface area contributed by atoms with Gasteiger partial charge in [-0.3, -0.25) is 4.98 Å². The van der Waals surface area contributed by atoms with E-state index in [1.807, 2.05) is 11.9 Å². The number of anilines is 2. The van der Waals surface area contributed by atoms with Gasteiger partial charge in [-0.1, -0.05) is 0 Å². The number of hydrogen-bond acceptors (Lipinski definition) is 5. The van der Waals surface area contributed by atoms with Crippen LogP contribution >= 0.6 is 15.9 Å². The van der Waals surface area contributed by atoms with Gasteiger partial charge in [0, 0.05) is 19.3 Å². The number of nitrogens with two attached hydrogens (primary N) is 1. The van der Waals surface area contributed by atoms with Crippen LogP contribution in [0.3, 0.4) is 0 Å². The molecule has 1 aromatic heterocycles. The van der Waals surface area contributed by atoms with Crippen molar-refractivity contribution in [2.45, 2.75) is 12.5 Å². The quantitative estimate of drug-likeness (QED) is 0.881. The van der Waals surface area contributed by atoms with Gasteiger partial charge in [-0.15, -0.1) is 0 Å². The number of hydrogen-bond donors (Lipinski definition) is 1. The van der Waals surface area contributed by atoms with Crippen LogP contribution in [0.4, 0.5) is 11.4 Å². The van der Waals surface area contributed by atoms with E-state index in [9.17, 15) is 8.42 Å². The molecule has 0 bridgehead atoms. The van der Waals surface area contributed by atoms with Gasteiger partial charge in [-0.2, -0.15) is 0 Å². The number of pyridine rings is 1. The van der Waals surface area contributed by atoms with E-state index >= 15 is 0 Å². The molecule has 1 aromatic rings. The SMILES string of the molecule is CN(c1c(N)cncc1Br)C1CCS(=O)(=O)C1. The van der Waals surface area contributed by atoms with Crippen molar-refractivity contribution in [1.82, 2.24) is 4.98 Å². The first-order chi connectivity index (χ1) is 7.91. The first kappa shape index (κ1) is 12.6. The first-order valence-corrected chi connectivity index (χ1v) is 7.84. The molecule has 1 atom stereocenters. The molecule has 2 rings (SSSR count). The van der Waals surface area contributed by atoms with E-state index in [0.717, 1.165) is 10.2 Å². The van der Waals surface area contributed by atoms with Crippen molar-refractivity contribution in [3.63, 3.8) is 0 Å². The van der Waals surface area contributed by atoms with E-state index in [1.54, 1.807) is 12.4 Å². The minimum absolute atomic E-state index is 0.0130. The van der Waals surface area contributed by atoms with Crippen molar-refractivity contribution in [1.29, 1.82) is 0 Å². The monoisotopic (exact) mass is 319 g/mol. The van der Waals surface area contributed by atoms with Crippen LogP contribution < -0.4 is 10.6 Å². The molecule has 5 nitrogen and oxygen atoms in total. The van der Waals surface area contributed by atoms with Gasteiger partial charge in [-0.05, 0) is 22.4 Å². The standard InChI is InChI=1S/C10H14BrN3O2S/c1-14(7-2-3-17(15,16)6-7)10-8(11)4-13-5-9(10)12/h4-5,7H,2-3,6,12H2,1H3. The number of nitrogen functional groups attached to an aromatic ring is 1. The summed E-state index contributed by atoms with van der Waals surface area (Å²) in [6.07, 6.45) is 3.87. The van der Waals surface area contributed by atoms with Gasteiger partial charge in [0.2, 0.25) is 0 Å². The third-order valence-corrected chi connectivity index (χ3v) is 5.34. The van der Waals surface area contributed by atoms with Gasteiger partial charge >= 0.3 is 0 Å². The van der Waals surface area contributed by atoms with Crippen LogP contribution in [0.2, 0.25) is 0 Å². The van der Waals surface area contributed by atoms with Crippen LogP contribution in [0.5, 0.6) is 0 Å². The summed E-state index contributed by atoms with van der Waals surface area (Å²) >= 11 is 3.39. The maximum absolute atomic E-state index is 11.5. The molecule has 1 saturated heterocycles.